The summed E-state index contributed by atoms with van der Waals surface area (Å²) < 4.78 is 0. The molecule has 0 spiro atoms. The van der Waals surface area contributed by atoms with Crippen molar-refractivity contribution in [2.24, 2.45) is 0 Å². The smallest absolute Gasteiger partial charge is 0.0223 e. The summed E-state index contributed by atoms with van der Waals surface area (Å²) in [5.41, 5.74) is 1.40. The maximum absolute atomic E-state index is 5.30. The summed E-state index contributed by atoms with van der Waals surface area (Å²) in [4.78, 5) is 0. The predicted octanol–water partition coefficient (Wildman–Crippen LogP) is 4.28. The Hall–Kier alpha value is -0.240. The van der Waals surface area contributed by atoms with Crippen LogP contribution in [0.15, 0.2) is 30.3 Å². The van der Waals surface area contributed by atoms with Crippen molar-refractivity contribution in [3.8, 4) is 0 Å². The normalized spacial score (nSPS) is 10.8. The standard InChI is InChI=1S/C10H15N.C4H9Cl.ClH/c1-9(11-2)8-10-6-4-3-5-7-10;1-2-3-4-5;/h3-7,9,11H,8H2,1-2H3;2-4H2,1H3;1H/t9-;;/m0../s1. The van der Waals surface area contributed by atoms with E-state index >= 15 is 0 Å². The largest absolute Gasteiger partial charge is 0.317 e. The van der Waals surface area contributed by atoms with E-state index in [9.17, 15) is 0 Å². The first-order valence-corrected chi connectivity index (χ1v) is 6.55. The van der Waals surface area contributed by atoms with Crippen LogP contribution in [-0.4, -0.2) is 19.0 Å². The van der Waals surface area contributed by atoms with Gasteiger partial charge in [-0.25, -0.2) is 0 Å². The molecule has 0 fully saturated rings. The molecule has 0 aliphatic rings. The summed E-state index contributed by atoms with van der Waals surface area (Å²) in [6, 6.07) is 11.1. The third kappa shape index (κ3) is 12.0. The van der Waals surface area contributed by atoms with Crippen molar-refractivity contribution in [3.63, 3.8) is 0 Å². The van der Waals surface area contributed by atoms with Gasteiger partial charge in [0, 0.05) is 11.9 Å². The highest BCUT2D eigenvalue weighted by atomic mass is 35.5. The zero-order valence-electron chi connectivity index (χ0n) is 11.1. The van der Waals surface area contributed by atoms with Gasteiger partial charge in [0.05, 0.1) is 0 Å². The Labute approximate surface area is 117 Å². The van der Waals surface area contributed by atoms with E-state index in [2.05, 4.69) is 43.4 Å². The van der Waals surface area contributed by atoms with Crippen LogP contribution in [0.25, 0.3) is 0 Å². The van der Waals surface area contributed by atoms with E-state index in [1.165, 1.54) is 12.0 Å². The first-order chi connectivity index (χ1) is 7.74. The number of alkyl halides is 1. The number of nitrogens with one attached hydrogen (secondary N) is 1. The topological polar surface area (TPSA) is 12.0 Å². The lowest BCUT2D eigenvalue weighted by atomic mass is 10.1. The number of rotatable bonds is 5. The van der Waals surface area contributed by atoms with Crippen LogP contribution in [0.2, 0.25) is 0 Å². The summed E-state index contributed by atoms with van der Waals surface area (Å²) in [6.07, 6.45) is 3.47. The van der Waals surface area contributed by atoms with Crippen molar-refractivity contribution in [2.45, 2.75) is 39.2 Å². The number of hydrogen-bond acceptors (Lipinski definition) is 1. The Morgan fingerprint density at radius 1 is 1.24 bits per heavy atom. The van der Waals surface area contributed by atoms with Crippen LogP contribution in [0.5, 0.6) is 0 Å². The van der Waals surface area contributed by atoms with Crippen LogP contribution >= 0.6 is 24.0 Å². The molecule has 0 heterocycles. The molecule has 1 aromatic carbocycles. The van der Waals surface area contributed by atoms with Gasteiger partial charge in [-0.1, -0.05) is 43.7 Å². The van der Waals surface area contributed by atoms with E-state index < -0.39 is 0 Å². The quantitative estimate of drug-likeness (QED) is 0.792. The molecule has 0 aliphatic heterocycles. The molecule has 1 aromatic rings. The molecule has 1 rings (SSSR count). The average Bonchev–Trinajstić information content (AvgIpc) is 2.32. The second kappa shape index (κ2) is 13.8. The highest BCUT2D eigenvalue weighted by Gasteiger charge is 1.97. The Morgan fingerprint density at radius 2 is 1.82 bits per heavy atom. The van der Waals surface area contributed by atoms with Crippen LogP contribution in [0.4, 0.5) is 0 Å². The molecule has 0 bridgehead atoms. The zero-order valence-corrected chi connectivity index (χ0v) is 12.7. The number of likely N-dealkylation sites (N-methyl/N-ethyl adjacent to an activating group) is 1. The van der Waals surface area contributed by atoms with Crippen LogP contribution < -0.4 is 5.32 Å². The monoisotopic (exact) mass is 277 g/mol. The maximum atomic E-state index is 5.30. The van der Waals surface area contributed by atoms with Gasteiger partial charge in [0.2, 0.25) is 0 Å². The van der Waals surface area contributed by atoms with E-state index in [4.69, 9.17) is 11.6 Å². The fourth-order valence-electron chi connectivity index (χ4n) is 1.20. The third-order valence-corrected chi connectivity index (χ3v) is 2.63. The van der Waals surface area contributed by atoms with Gasteiger partial charge >= 0.3 is 0 Å². The van der Waals surface area contributed by atoms with E-state index in [1.807, 2.05) is 13.1 Å². The number of halogens is 2. The fraction of sp³-hybridized carbons (Fsp3) is 0.571. The Bertz CT molecular complexity index is 237. The lowest BCUT2D eigenvalue weighted by Crippen LogP contribution is -2.23. The third-order valence-electron chi connectivity index (χ3n) is 2.36. The first kappa shape index (κ1) is 19.1. The lowest BCUT2D eigenvalue weighted by Gasteiger charge is -2.08. The van der Waals surface area contributed by atoms with Crippen LogP contribution in [0.3, 0.4) is 0 Å². The highest BCUT2D eigenvalue weighted by Crippen LogP contribution is 2.01. The molecule has 0 unspecified atom stereocenters. The van der Waals surface area contributed by atoms with E-state index in [0.29, 0.717) is 6.04 Å². The zero-order chi connectivity index (χ0) is 12.2. The van der Waals surface area contributed by atoms with E-state index in [-0.39, 0.29) is 12.4 Å². The Balaban J connectivity index is 0. The predicted molar refractivity (Wildman–Crippen MR) is 81.5 cm³/mol. The Morgan fingerprint density at radius 3 is 2.18 bits per heavy atom. The number of hydrogen-bond donors (Lipinski definition) is 1. The summed E-state index contributed by atoms with van der Waals surface area (Å²) in [6.45, 7) is 4.31. The molecule has 0 aromatic heterocycles. The molecule has 17 heavy (non-hydrogen) atoms. The van der Waals surface area contributed by atoms with Crippen molar-refractivity contribution < 1.29 is 0 Å². The molecular weight excluding hydrogens is 253 g/mol. The SMILES string of the molecule is CCCCCl.CN[C@@H](C)Cc1ccccc1.Cl. The van der Waals surface area contributed by atoms with Crippen LogP contribution in [0.1, 0.15) is 32.3 Å². The minimum absolute atomic E-state index is 0. The van der Waals surface area contributed by atoms with Gasteiger partial charge in [0.15, 0.2) is 0 Å². The molecular formula is C14H25Cl2N. The molecule has 0 saturated carbocycles. The van der Waals surface area contributed by atoms with Crippen molar-refractivity contribution in [2.75, 3.05) is 12.9 Å². The maximum Gasteiger partial charge on any atom is 0.0223 e. The van der Waals surface area contributed by atoms with Gasteiger partial charge in [0.1, 0.15) is 0 Å². The second-order valence-corrected chi connectivity index (χ2v) is 4.30. The van der Waals surface area contributed by atoms with Gasteiger partial charge < -0.3 is 5.32 Å². The molecule has 3 heteroatoms. The summed E-state index contributed by atoms with van der Waals surface area (Å²) >= 11 is 5.30. The molecule has 1 nitrogen and oxygen atoms in total. The molecule has 0 aliphatic carbocycles. The lowest BCUT2D eigenvalue weighted by molar-refractivity contribution is 0.608. The van der Waals surface area contributed by atoms with E-state index in [1.54, 1.807) is 0 Å². The van der Waals surface area contributed by atoms with Gasteiger partial charge in [-0.2, -0.15) is 0 Å². The van der Waals surface area contributed by atoms with Crippen molar-refractivity contribution in [1.82, 2.24) is 5.32 Å². The molecule has 0 radical (unpaired) electrons. The van der Waals surface area contributed by atoms with Crippen molar-refractivity contribution in [1.29, 1.82) is 0 Å². The van der Waals surface area contributed by atoms with Gasteiger partial charge in [-0.15, -0.1) is 24.0 Å². The van der Waals surface area contributed by atoms with Crippen LogP contribution in [-0.2, 0) is 6.42 Å². The highest BCUT2D eigenvalue weighted by molar-refractivity contribution is 6.17. The Kier molecular flexibility index (Phi) is 15.5. The molecule has 0 saturated heterocycles. The molecule has 1 N–H and O–H groups in total. The average molecular weight is 278 g/mol. The molecule has 100 valence electrons. The van der Waals surface area contributed by atoms with Gasteiger partial charge in [-0.05, 0) is 32.4 Å². The van der Waals surface area contributed by atoms with Crippen LogP contribution in [0, 0.1) is 0 Å². The van der Waals surface area contributed by atoms with E-state index in [0.717, 1.165) is 18.7 Å². The number of benzene rings is 1. The summed E-state index contributed by atoms with van der Waals surface area (Å²) in [7, 11) is 1.99. The van der Waals surface area contributed by atoms with Gasteiger partial charge in [0.25, 0.3) is 0 Å². The summed E-state index contributed by atoms with van der Waals surface area (Å²) in [5, 5.41) is 3.21. The fourth-order valence-corrected chi connectivity index (χ4v) is 1.47. The molecule has 1 atom stereocenters. The number of unbranched alkanes of at least 4 members (excludes halogenated alkanes) is 1. The minimum atomic E-state index is 0. The van der Waals surface area contributed by atoms with Gasteiger partial charge in [-0.3, -0.25) is 0 Å². The summed E-state index contributed by atoms with van der Waals surface area (Å²) in [5.74, 6) is 0.816. The minimum Gasteiger partial charge on any atom is -0.317 e. The molecule has 0 amide bonds. The first-order valence-electron chi connectivity index (χ1n) is 6.01. The van der Waals surface area contributed by atoms with Crippen molar-refractivity contribution >= 4 is 24.0 Å². The second-order valence-electron chi connectivity index (χ2n) is 3.92. The van der Waals surface area contributed by atoms with Crippen molar-refractivity contribution in [3.05, 3.63) is 35.9 Å².